The van der Waals surface area contributed by atoms with E-state index in [-0.39, 0.29) is 11.3 Å². The average Bonchev–Trinajstić information content (AvgIpc) is 2.81. The number of esters is 1. The van der Waals surface area contributed by atoms with E-state index in [1.54, 1.807) is 30.3 Å². The smallest absolute Gasteiger partial charge is 0.479 e. The fourth-order valence-corrected chi connectivity index (χ4v) is 4.10. The molecule has 4 nitrogen and oxygen atoms in total. The fraction of sp³-hybridized carbons (Fsp3) is 0.269. The van der Waals surface area contributed by atoms with Gasteiger partial charge in [-0.3, -0.25) is 0 Å². The van der Waals surface area contributed by atoms with Gasteiger partial charge in [0.15, 0.2) is 11.5 Å². The maximum absolute atomic E-state index is 13.1. The number of halogens is 3. The summed E-state index contributed by atoms with van der Waals surface area (Å²) in [5, 5.41) is 0. The van der Waals surface area contributed by atoms with Gasteiger partial charge in [0.05, 0.1) is 5.56 Å². The second kappa shape index (κ2) is 9.57. The van der Waals surface area contributed by atoms with E-state index in [1.165, 1.54) is 12.1 Å². The Morgan fingerprint density at radius 2 is 1.42 bits per heavy atom. The van der Waals surface area contributed by atoms with E-state index in [9.17, 15) is 18.0 Å². The van der Waals surface area contributed by atoms with Gasteiger partial charge in [0.25, 0.3) is 0 Å². The van der Waals surface area contributed by atoms with E-state index < -0.39 is 23.7 Å². The second-order valence-corrected chi connectivity index (χ2v) is 7.93. The molecule has 4 rings (SSSR count). The van der Waals surface area contributed by atoms with Crippen molar-refractivity contribution in [2.75, 3.05) is 0 Å². The van der Waals surface area contributed by atoms with Crippen molar-refractivity contribution >= 4 is 5.97 Å². The molecule has 33 heavy (non-hydrogen) atoms. The molecule has 0 spiro atoms. The van der Waals surface area contributed by atoms with Gasteiger partial charge in [-0.15, -0.1) is 13.2 Å². The van der Waals surface area contributed by atoms with E-state index in [4.69, 9.17) is 9.47 Å². The van der Waals surface area contributed by atoms with Gasteiger partial charge in [-0.1, -0.05) is 55.0 Å². The normalized spacial score (nSPS) is 15.5. The van der Waals surface area contributed by atoms with Gasteiger partial charge in [-0.05, 0) is 61.6 Å². The molecule has 1 aliphatic rings. The maximum atomic E-state index is 13.1. The first-order valence-corrected chi connectivity index (χ1v) is 10.8. The standard InChI is InChI=1S/C26H23F3O4/c27-26(28,29)33-22-15-14-19(24(30)31-21-12-6-2-7-13-21)18-23(22)32-25(16-8-3-9-17-25)20-10-4-1-5-11-20/h1-2,4-7,10-15,18H,3,8-9,16-17H2. The molecule has 0 bridgehead atoms. The monoisotopic (exact) mass is 456 g/mol. The number of hydrogen-bond acceptors (Lipinski definition) is 4. The van der Waals surface area contributed by atoms with Crippen molar-refractivity contribution in [1.29, 1.82) is 0 Å². The number of hydrogen-bond donors (Lipinski definition) is 0. The molecule has 0 aliphatic heterocycles. The molecule has 172 valence electrons. The van der Waals surface area contributed by atoms with Crippen LogP contribution in [0, 0.1) is 0 Å². The molecule has 0 atom stereocenters. The molecule has 0 unspecified atom stereocenters. The molecule has 0 saturated heterocycles. The van der Waals surface area contributed by atoms with Crippen LogP contribution in [0.25, 0.3) is 0 Å². The molecule has 1 saturated carbocycles. The molecule has 3 aromatic carbocycles. The Labute approximate surface area is 189 Å². The fourth-order valence-electron chi connectivity index (χ4n) is 4.10. The van der Waals surface area contributed by atoms with Crippen LogP contribution >= 0.6 is 0 Å². The zero-order valence-corrected chi connectivity index (χ0v) is 17.8. The van der Waals surface area contributed by atoms with E-state index in [0.717, 1.165) is 30.9 Å². The summed E-state index contributed by atoms with van der Waals surface area (Å²) in [7, 11) is 0. The number of ether oxygens (including phenoxy) is 3. The van der Waals surface area contributed by atoms with Gasteiger partial charge < -0.3 is 14.2 Å². The minimum atomic E-state index is -4.91. The topological polar surface area (TPSA) is 44.8 Å². The summed E-state index contributed by atoms with van der Waals surface area (Å²) in [5.74, 6) is -1.03. The van der Waals surface area contributed by atoms with Crippen LogP contribution in [0.15, 0.2) is 78.9 Å². The van der Waals surface area contributed by atoms with Crippen molar-refractivity contribution < 1.29 is 32.2 Å². The minimum absolute atomic E-state index is 0.0578. The number of rotatable bonds is 6. The Bertz CT molecular complexity index is 1080. The lowest BCUT2D eigenvalue weighted by Gasteiger charge is -2.38. The van der Waals surface area contributed by atoms with Crippen molar-refractivity contribution in [1.82, 2.24) is 0 Å². The van der Waals surface area contributed by atoms with Crippen molar-refractivity contribution in [3.8, 4) is 17.2 Å². The molecule has 0 radical (unpaired) electrons. The lowest BCUT2D eigenvalue weighted by molar-refractivity contribution is -0.275. The summed E-state index contributed by atoms with van der Waals surface area (Å²) in [6.45, 7) is 0. The summed E-state index contributed by atoms with van der Waals surface area (Å²) < 4.78 is 55.2. The third-order valence-electron chi connectivity index (χ3n) is 5.63. The highest BCUT2D eigenvalue weighted by Gasteiger charge is 2.39. The molecule has 0 aromatic heterocycles. The summed E-state index contributed by atoms with van der Waals surface area (Å²) in [6, 6.07) is 21.4. The number of benzene rings is 3. The summed E-state index contributed by atoms with van der Waals surface area (Å²) in [4.78, 5) is 12.7. The first-order chi connectivity index (χ1) is 15.8. The Kier molecular flexibility index (Phi) is 6.58. The molecule has 1 aliphatic carbocycles. The van der Waals surface area contributed by atoms with E-state index >= 15 is 0 Å². The van der Waals surface area contributed by atoms with Crippen molar-refractivity contribution in [3.05, 3.63) is 90.0 Å². The Hall–Kier alpha value is -3.48. The lowest BCUT2D eigenvalue weighted by atomic mass is 9.79. The summed E-state index contributed by atoms with van der Waals surface area (Å²) >= 11 is 0. The molecule has 7 heteroatoms. The van der Waals surface area contributed by atoms with Crippen molar-refractivity contribution in [2.24, 2.45) is 0 Å². The second-order valence-electron chi connectivity index (χ2n) is 7.93. The maximum Gasteiger partial charge on any atom is 0.573 e. The Morgan fingerprint density at radius 3 is 2.06 bits per heavy atom. The summed E-state index contributed by atoms with van der Waals surface area (Å²) in [6.07, 6.45) is -0.855. The summed E-state index contributed by atoms with van der Waals surface area (Å²) in [5.41, 5.74) is 0.118. The van der Waals surface area contributed by atoms with Crippen LogP contribution < -0.4 is 14.2 Å². The minimum Gasteiger partial charge on any atom is -0.479 e. The predicted octanol–water partition coefficient (Wildman–Crippen LogP) is 7.04. The third kappa shape index (κ3) is 5.66. The molecular formula is C26H23F3O4. The highest BCUT2D eigenvalue weighted by molar-refractivity contribution is 5.91. The number of alkyl halides is 3. The first-order valence-electron chi connectivity index (χ1n) is 10.8. The van der Waals surface area contributed by atoms with Crippen LogP contribution in [-0.2, 0) is 5.60 Å². The zero-order valence-electron chi connectivity index (χ0n) is 17.8. The highest BCUT2D eigenvalue weighted by atomic mass is 19.4. The first kappa shape index (κ1) is 22.7. The van der Waals surface area contributed by atoms with E-state index in [0.29, 0.717) is 18.6 Å². The molecule has 0 amide bonds. The SMILES string of the molecule is O=C(Oc1ccccc1)c1ccc(OC(F)(F)F)c(OC2(c3ccccc3)CCCCC2)c1. The van der Waals surface area contributed by atoms with Crippen LogP contribution in [0.2, 0.25) is 0 Å². The third-order valence-corrected chi connectivity index (χ3v) is 5.63. The van der Waals surface area contributed by atoms with Gasteiger partial charge in [0, 0.05) is 0 Å². The number of carbonyl (C=O) groups is 1. The van der Waals surface area contributed by atoms with Gasteiger partial charge in [0.1, 0.15) is 11.4 Å². The Balaban J connectivity index is 1.70. The zero-order chi connectivity index (χ0) is 23.3. The Morgan fingerprint density at radius 1 is 0.788 bits per heavy atom. The number of carbonyl (C=O) groups excluding carboxylic acids is 1. The van der Waals surface area contributed by atoms with E-state index in [2.05, 4.69) is 4.74 Å². The van der Waals surface area contributed by atoms with Gasteiger partial charge in [0.2, 0.25) is 0 Å². The van der Waals surface area contributed by atoms with Crippen molar-refractivity contribution in [3.63, 3.8) is 0 Å². The van der Waals surface area contributed by atoms with E-state index in [1.807, 2.05) is 30.3 Å². The highest BCUT2D eigenvalue weighted by Crippen LogP contribution is 2.44. The average molecular weight is 456 g/mol. The number of para-hydroxylation sites is 1. The van der Waals surface area contributed by atoms with Gasteiger partial charge in [-0.2, -0.15) is 0 Å². The largest absolute Gasteiger partial charge is 0.573 e. The van der Waals surface area contributed by atoms with Crippen LogP contribution in [0.4, 0.5) is 13.2 Å². The molecule has 0 heterocycles. The van der Waals surface area contributed by atoms with Gasteiger partial charge in [-0.25, -0.2) is 4.79 Å². The molecular weight excluding hydrogens is 433 g/mol. The molecule has 3 aromatic rings. The van der Waals surface area contributed by atoms with Gasteiger partial charge >= 0.3 is 12.3 Å². The van der Waals surface area contributed by atoms with Crippen LogP contribution in [-0.4, -0.2) is 12.3 Å². The molecule has 1 fully saturated rings. The lowest BCUT2D eigenvalue weighted by Crippen LogP contribution is -2.35. The van der Waals surface area contributed by atoms with Crippen LogP contribution in [0.3, 0.4) is 0 Å². The quantitative estimate of drug-likeness (QED) is 0.295. The van der Waals surface area contributed by atoms with Crippen LogP contribution in [0.1, 0.15) is 48.0 Å². The molecule has 0 N–H and O–H groups in total. The van der Waals surface area contributed by atoms with Crippen molar-refractivity contribution in [2.45, 2.75) is 44.1 Å². The van der Waals surface area contributed by atoms with Crippen LogP contribution in [0.5, 0.6) is 17.2 Å². The predicted molar refractivity (Wildman–Crippen MR) is 116 cm³/mol.